The third-order valence-corrected chi connectivity index (χ3v) is 8.58. The Labute approximate surface area is 236 Å². The highest BCUT2D eigenvalue weighted by Crippen LogP contribution is 2.43. The van der Waals surface area contributed by atoms with Gasteiger partial charge in [0.05, 0.1) is 7.11 Å². The van der Waals surface area contributed by atoms with Crippen LogP contribution in [0.3, 0.4) is 0 Å². The summed E-state index contributed by atoms with van der Waals surface area (Å²) >= 11 is 0. The van der Waals surface area contributed by atoms with Gasteiger partial charge in [-0.25, -0.2) is 0 Å². The highest BCUT2D eigenvalue weighted by Gasteiger charge is 2.54. The Hall–Kier alpha value is -1.26. The first kappa shape index (κ1) is 33.9. The second kappa shape index (κ2) is 12.7. The van der Waals surface area contributed by atoms with Gasteiger partial charge >= 0.3 is 11.9 Å². The van der Waals surface area contributed by atoms with Crippen LogP contribution >= 0.6 is 0 Å². The Bertz CT molecular complexity index is 805. The Morgan fingerprint density at radius 2 is 1.18 bits per heavy atom. The molecule has 2 saturated heterocycles. The van der Waals surface area contributed by atoms with E-state index in [9.17, 15) is 14.8 Å². The Kier molecular flexibility index (Phi) is 11.1. The number of unbranched alkanes of at least 4 members (excludes halogenated alkanes) is 1. The molecule has 0 aliphatic carbocycles. The quantitative estimate of drug-likeness (QED) is 0.185. The first-order valence-electron chi connectivity index (χ1n) is 14.6. The van der Waals surface area contributed by atoms with Crippen molar-refractivity contribution < 1.29 is 33.8 Å². The molecule has 1 N–H and O–H groups in total. The molecule has 2 aliphatic rings. The summed E-state index contributed by atoms with van der Waals surface area (Å²) in [5.41, 5.74) is -3.30. The third kappa shape index (κ3) is 7.73. The van der Waals surface area contributed by atoms with Gasteiger partial charge in [-0.05, 0) is 74.7 Å². The smallest absolute Gasteiger partial charge is 0.323 e. The van der Waals surface area contributed by atoms with Crippen molar-refractivity contribution in [2.75, 3.05) is 20.8 Å². The minimum Gasteiger partial charge on any atom is -0.461 e. The Balaban J connectivity index is 2.37. The van der Waals surface area contributed by atoms with Crippen molar-refractivity contribution >= 4 is 11.9 Å². The molecule has 0 aromatic carbocycles. The molecule has 0 aromatic rings. The number of hydrogen-bond donors (Lipinski definition) is 1. The number of hydroxylamine groups is 4. The van der Waals surface area contributed by atoms with Crippen LogP contribution in [0, 0.1) is 5.41 Å². The SMILES string of the molecule is CCCCC(CCCOC)(C(=O)OC1CC(C)(C)N(O)C(C)(C)C1)C(=O)OC1CC(C)(C)N(OC)C(C)(C)C1. The number of carbonyl (C=O) groups excluding carboxylic acids is 2. The lowest BCUT2D eigenvalue weighted by atomic mass is 9.77. The van der Waals surface area contributed by atoms with Crippen LogP contribution in [0.4, 0.5) is 0 Å². The van der Waals surface area contributed by atoms with Crippen molar-refractivity contribution in [1.29, 1.82) is 0 Å². The normalized spacial score (nSPS) is 25.1. The number of esters is 2. The van der Waals surface area contributed by atoms with Crippen LogP contribution in [-0.4, -0.2) is 82.5 Å². The summed E-state index contributed by atoms with van der Waals surface area (Å²) in [6, 6.07) is 0. The lowest BCUT2D eigenvalue weighted by Crippen LogP contribution is -2.62. The van der Waals surface area contributed by atoms with Gasteiger partial charge < -0.3 is 24.3 Å². The van der Waals surface area contributed by atoms with Gasteiger partial charge in [-0.2, -0.15) is 10.1 Å². The van der Waals surface area contributed by atoms with Gasteiger partial charge in [0, 0.05) is 61.6 Å². The maximum atomic E-state index is 14.1. The molecule has 0 spiro atoms. The maximum absolute atomic E-state index is 14.1. The van der Waals surface area contributed by atoms with Crippen LogP contribution < -0.4 is 0 Å². The predicted molar refractivity (Wildman–Crippen MR) is 150 cm³/mol. The zero-order valence-electron chi connectivity index (χ0n) is 26.5. The molecule has 1 unspecified atom stereocenters. The molecule has 2 fully saturated rings. The summed E-state index contributed by atoms with van der Waals surface area (Å²) in [5, 5.41) is 14.0. The third-order valence-electron chi connectivity index (χ3n) is 8.58. The molecular formula is C30H56N2O7. The van der Waals surface area contributed by atoms with E-state index in [-0.39, 0.29) is 17.2 Å². The van der Waals surface area contributed by atoms with E-state index in [0.717, 1.165) is 6.42 Å². The van der Waals surface area contributed by atoms with Crippen LogP contribution in [0.25, 0.3) is 0 Å². The molecule has 2 heterocycles. The number of nitrogens with zero attached hydrogens (tertiary/aromatic N) is 2. The molecule has 39 heavy (non-hydrogen) atoms. The van der Waals surface area contributed by atoms with Crippen LogP contribution in [-0.2, 0) is 28.6 Å². The van der Waals surface area contributed by atoms with E-state index in [4.69, 9.17) is 19.0 Å². The maximum Gasteiger partial charge on any atom is 0.323 e. The summed E-state index contributed by atoms with van der Waals surface area (Å²) in [4.78, 5) is 34.0. The van der Waals surface area contributed by atoms with Crippen LogP contribution in [0.15, 0.2) is 0 Å². The predicted octanol–water partition coefficient (Wildman–Crippen LogP) is 5.67. The lowest BCUT2D eigenvalue weighted by Gasteiger charge is -2.53. The molecule has 9 nitrogen and oxygen atoms in total. The lowest BCUT2D eigenvalue weighted by molar-refractivity contribution is -0.279. The van der Waals surface area contributed by atoms with E-state index >= 15 is 0 Å². The average Bonchev–Trinajstić information content (AvgIpc) is 2.78. The van der Waals surface area contributed by atoms with E-state index in [1.54, 1.807) is 14.2 Å². The number of rotatable bonds is 12. The van der Waals surface area contributed by atoms with E-state index in [2.05, 4.69) is 27.7 Å². The molecule has 228 valence electrons. The van der Waals surface area contributed by atoms with Crippen molar-refractivity contribution in [2.45, 2.75) is 154 Å². The standard InChI is InChI=1S/C30H56N2O7/c1-12-13-15-30(16-14-17-36-10,24(33)38-22-18-26(2,3)31(35)27(4,5)19-22)25(34)39-23-20-28(6,7)32(37-11)29(8,9)21-23/h22-23,35H,12-21H2,1-11H3. The number of carbonyl (C=O) groups is 2. The summed E-state index contributed by atoms with van der Waals surface area (Å²) in [7, 11) is 3.28. The fraction of sp³-hybridized carbons (Fsp3) is 0.933. The highest BCUT2D eigenvalue weighted by molar-refractivity contribution is 6.00. The van der Waals surface area contributed by atoms with Gasteiger partial charge in [-0.1, -0.05) is 19.8 Å². The van der Waals surface area contributed by atoms with E-state index < -0.39 is 34.5 Å². The van der Waals surface area contributed by atoms with Crippen LogP contribution in [0.5, 0.6) is 0 Å². The molecule has 2 rings (SSSR count). The van der Waals surface area contributed by atoms with E-state index in [1.807, 2.05) is 39.7 Å². The molecule has 9 heteroatoms. The zero-order valence-corrected chi connectivity index (χ0v) is 26.5. The monoisotopic (exact) mass is 556 g/mol. The second-order valence-corrected chi connectivity index (χ2v) is 14.2. The van der Waals surface area contributed by atoms with Gasteiger partial charge in [0.25, 0.3) is 0 Å². The molecule has 0 radical (unpaired) electrons. The van der Waals surface area contributed by atoms with E-state index in [0.29, 0.717) is 58.0 Å². The van der Waals surface area contributed by atoms with Gasteiger partial charge in [0.2, 0.25) is 0 Å². The summed E-state index contributed by atoms with van der Waals surface area (Å²) in [5.74, 6) is -1.02. The number of piperidine rings is 2. The van der Waals surface area contributed by atoms with Crippen LogP contribution in [0.2, 0.25) is 0 Å². The second-order valence-electron chi connectivity index (χ2n) is 14.2. The molecule has 0 bridgehead atoms. The van der Waals surface area contributed by atoms with Crippen molar-refractivity contribution in [3.8, 4) is 0 Å². The first-order valence-corrected chi connectivity index (χ1v) is 14.6. The zero-order chi connectivity index (χ0) is 29.9. The highest BCUT2D eigenvalue weighted by atomic mass is 16.7. The van der Waals surface area contributed by atoms with Gasteiger partial charge in [-0.15, -0.1) is 0 Å². The molecule has 2 aliphatic heterocycles. The molecule has 1 atom stereocenters. The number of methoxy groups -OCH3 is 1. The molecule has 0 aromatic heterocycles. The minimum atomic E-state index is -1.41. The summed E-state index contributed by atoms with van der Waals surface area (Å²) < 4.78 is 17.7. The minimum absolute atomic E-state index is 0.299. The Morgan fingerprint density at radius 1 is 0.769 bits per heavy atom. The van der Waals surface area contributed by atoms with Gasteiger partial charge in [-0.3, -0.25) is 9.59 Å². The first-order chi connectivity index (χ1) is 17.9. The fourth-order valence-electron chi connectivity index (χ4n) is 7.15. The topological polar surface area (TPSA) is 97.8 Å². The molecular weight excluding hydrogens is 500 g/mol. The number of hydrogen-bond acceptors (Lipinski definition) is 9. The number of ether oxygens (including phenoxy) is 3. The molecule has 0 saturated carbocycles. The van der Waals surface area contributed by atoms with Crippen molar-refractivity contribution in [3.63, 3.8) is 0 Å². The average molecular weight is 557 g/mol. The van der Waals surface area contributed by atoms with Crippen LogP contribution in [0.1, 0.15) is 120 Å². The fourth-order valence-corrected chi connectivity index (χ4v) is 7.15. The summed E-state index contributed by atoms with van der Waals surface area (Å²) in [6.45, 7) is 18.5. The van der Waals surface area contributed by atoms with Crippen molar-refractivity contribution in [3.05, 3.63) is 0 Å². The van der Waals surface area contributed by atoms with Crippen molar-refractivity contribution in [1.82, 2.24) is 10.1 Å². The Morgan fingerprint density at radius 3 is 1.56 bits per heavy atom. The summed E-state index contributed by atoms with van der Waals surface area (Å²) in [6.07, 6.45) is 4.05. The van der Waals surface area contributed by atoms with E-state index in [1.165, 1.54) is 5.06 Å². The van der Waals surface area contributed by atoms with Gasteiger partial charge in [0.15, 0.2) is 5.41 Å². The molecule has 0 amide bonds. The van der Waals surface area contributed by atoms with Gasteiger partial charge in [0.1, 0.15) is 12.2 Å². The van der Waals surface area contributed by atoms with Crippen molar-refractivity contribution in [2.24, 2.45) is 5.41 Å². The largest absolute Gasteiger partial charge is 0.461 e.